The second-order valence-electron chi connectivity index (χ2n) is 4.34. The van der Waals surface area contributed by atoms with Crippen molar-refractivity contribution < 1.29 is 13.5 Å². The first kappa shape index (κ1) is 15.1. The number of sulfonamides is 1. The first-order chi connectivity index (χ1) is 8.52. The Kier molecular flexibility index (Phi) is 5.78. The molecule has 1 aromatic rings. The predicted octanol–water partition coefficient (Wildman–Crippen LogP) is 1.99. The zero-order valence-corrected chi connectivity index (χ0v) is 11.8. The molecular formula is C13H21NO3S. The standard InChI is InChI=1S/C13H21NO3S/c1-3-4-5-10-14(2)18(16,17)13-8-6-12(11-15)7-9-13/h6-9,15H,3-5,10-11H2,1-2H3. The molecule has 1 N–H and O–H groups in total. The molecule has 18 heavy (non-hydrogen) atoms. The maximum absolute atomic E-state index is 12.2. The number of hydrogen-bond donors (Lipinski definition) is 1. The van der Waals surface area contributed by atoms with Crippen molar-refractivity contribution in [2.24, 2.45) is 0 Å². The number of unbranched alkanes of at least 4 members (excludes halogenated alkanes) is 2. The van der Waals surface area contributed by atoms with Crippen LogP contribution < -0.4 is 0 Å². The van der Waals surface area contributed by atoms with E-state index in [0.717, 1.165) is 19.3 Å². The van der Waals surface area contributed by atoms with Crippen LogP contribution in [0.2, 0.25) is 0 Å². The lowest BCUT2D eigenvalue weighted by Gasteiger charge is -2.17. The molecule has 0 spiro atoms. The van der Waals surface area contributed by atoms with E-state index in [-0.39, 0.29) is 11.5 Å². The van der Waals surface area contributed by atoms with Gasteiger partial charge in [-0.1, -0.05) is 31.9 Å². The summed E-state index contributed by atoms with van der Waals surface area (Å²) in [5, 5.41) is 8.92. The minimum Gasteiger partial charge on any atom is -0.392 e. The summed E-state index contributed by atoms with van der Waals surface area (Å²) < 4.78 is 25.8. The van der Waals surface area contributed by atoms with Gasteiger partial charge in [-0.25, -0.2) is 12.7 Å². The number of nitrogens with zero attached hydrogens (tertiary/aromatic N) is 1. The first-order valence-electron chi connectivity index (χ1n) is 6.18. The van der Waals surface area contributed by atoms with Gasteiger partial charge in [0, 0.05) is 13.6 Å². The van der Waals surface area contributed by atoms with E-state index in [0.29, 0.717) is 12.1 Å². The molecule has 0 atom stereocenters. The minimum absolute atomic E-state index is 0.0767. The highest BCUT2D eigenvalue weighted by atomic mass is 32.2. The highest BCUT2D eigenvalue weighted by Crippen LogP contribution is 2.15. The summed E-state index contributed by atoms with van der Waals surface area (Å²) in [5.41, 5.74) is 0.711. The van der Waals surface area contributed by atoms with Gasteiger partial charge < -0.3 is 5.11 Å². The molecule has 0 fully saturated rings. The third kappa shape index (κ3) is 3.80. The normalized spacial score (nSPS) is 12.0. The molecule has 102 valence electrons. The molecule has 0 amide bonds. The fraction of sp³-hybridized carbons (Fsp3) is 0.538. The summed E-state index contributed by atoms with van der Waals surface area (Å²) in [7, 11) is -1.79. The van der Waals surface area contributed by atoms with Gasteiger partial charge in [0.25, 0.3) is 0 Å². The summed E-state index contributed by atoms with van der Waals surface area (Å²) in [6.45, 7) is 2.55. The fourth-order valence-corrected chi connectivity index (χ4v) is 2.86. The molecule has 5 heteroatoms. The van der Waals surface area contributed by atoms with E-state index in [2.05, 4.69) is 6.92 Å². The highest BCUT2D eigenvalue weighted by molar-refractivity contribution is 7.89. The van der Waals surface area contributed by atoms with Crippen LogP contribution in [0.15, 0.2) is 29.2 Å². The number of hydrogen-bond acceptors (Lipinski definition) is 3. The van der Waals surface area contributed by atoms with Crippen LogP contribution in [-0.2, 0) is 16.6 Å². The van der Waals surface area contributed by atoms with Crippen LogP contribution in [-0.4, -0.2) is 31.4 Å². The van der Waals surface area contributed by atoms with E-state index in [9.17, 15) is 8.42 Å². The molecule has 0 saturated heterocycles. The molecule has 0 unspecified atom stereocenters. The lowest BCUT2D eigenvalue weighted by molar-refractivity contribution is 0.281. The summed E-state index contributed by atoms with van der Waals surface area (Å²) in [5.74, 6) is 0. The Hall–Kier alpha value is -0.910. The van der Waals surface area contributed by atoms with Crippen LogP contribution in [0.1, 0.15) is 31.7 Å². The number of rotatable bonds is 7. The monoisotopic (exact) mass is 271 g/mol. The number of aliphatic hydroxyl groups is 1. The van der Waals surface area contributed by atoms with E-state index in [1.807, 2.05) is 0 Å². The van der Waals surface area contributed by atoms with Gasteiger partial charge in [-0.05, 0) is 24.1 Å². The lowest BCUT2D eigenvalue weighted by Crippen LogP contribution is -2.27. The van der Waals surface area contributed by atoms with Crippen molar-refractivity contribution in [1.29, 1.82) is 0 Å². The molecule has 0 saturated carbocycles. The average molecular weight is 271 g/mol. The molecular weight excluding hydrogens is 250 g/mol. The third-order valence-corrected chi connectivity index (χ3v) is 4.76. The molecule has 0 aliphatic heterocycles. The molecule has 0 aliphatic rings. The van der Waals surface area contributed by atoms with Crippen molar-refractivity contribution in [3.63, 3.8) is 0 Å². The quantitative estimate of drug-likeness (QED) is 0.772. The Morgan fingerprint density at radius 1 is 1.17 bits per heavy atom. The largest absolute Gasteiger partial charge is 0.392 e. The van der Waals surface area contributed by atoms with Crippen LogP contribution >= 0.6 is 0 Å². The van der Waals surface area contributed by atoms with E-state index < -0.39 is 10.0 Å². The molecule has 0 bridgehead atoms. The maximum Gasteiger partial charge on any atom is 0.242 e. The van der Waals surface area contributed by atoms with Crippen LogP contribution in [0.4, 0.5) is 0 Å². The predicted molar refractivity (Wildman–Crippen MR) is 71.7 cm³/mol. The Labute approximate surface area is 109 Å². The van der Waals surface area contributed by atoms with Crippen LogP contribution in [0, 0.1) is 0 Å². The fourth-order valence-electron chi connectivity index (χ4n) is 1.65. The van der Waals surface area contributed by atoms with E-state index in [1.165, 1.54) is 16.4 Å². The summed E-state index contributed by atoms with van der Waals surface area (Å²) in [4.78, 5) is 0.277. The van der Waals surface area contributed by atoms with Gasteiger partial charge in [0.2, 0.25) is 10.0 Å². The number of aliphatic hydroxyl groups excluding tert-OH is 1. The van der Waals surface area contributed by atoms with Gasteiger partial charge in [0.1, 0.15) is 0 Å². The third-order valence-electron chi connectivity index (χ3n) is 2.89. The van der Waals surface area contributed by atoms with Gasteiger partial charge in [0.05, 0.1) is 11.5 Å². The zero-order chi connectivity index (χ0) is 13.6. The van der Waals surface area contributed by atoms with Crippen molar-refractivity contribution in [1.82, 2.24) is 4.31 Å². The van der Waals surface area contributed by atoms with Gasteiger partial charge in [0.15, 0.2) is 0 Å². The van der Waals surface area contributed by atoms with E-state index in [1.54, 1.807) is 19.2 Å². The van der Waals surface area contributed by atoms with Crippen LogP contribution in [0.3, 0.4) is 0 Å². The van der Waals surface area contributed by atoms with Crippen LogP contribution in [0.5, 0.6) is 0 Å². The van der Waals surface area contributed by atoms with Crippen molar-refractivity contribution in [2.75, 3.05) is 13.6 Å². The highest BCUT2D eigenvalue weighted by Gasteiger charge is 2.19. The second-order valence-corrected chi connectivity index (χ2v) is 6.38. The maximum atomic E-state index is 12.2. The van der Waals surface area contributed by atoms with Gasteiger partial charge in [-0.15, -0.1) is 0 Å². The molecule has 4 nitrogen and oxygen atoms in total. The molecule has 0 aliphatic carbocycles. The lowest BCUT2D eigenvalue weighted by atomic mass is 10.2. The summed E-state index contributed by atoms with van der Waals surface area (Å²) in [6.07, 6.45) is 2.98. The Morgan fingerprint density at radius 3 is 2.28 bits per heavy atom. The van der Waals surface area contributed by atoms with Crippen molar-refractivity contribution in [3.05, 3.63) is 29.8 Å². The van der Waals surface area contributed by atoms with E-state index >= 15 is 0 Å². The number of benzene rings is 1. The summed E-state index contributed by atoms with van der Waals surface area (Å²) in [6, 6.07) is 6.34. The van der Waals surface area contributed by atoms with Crippen molar-refractivity contribution in [2.45, 2.75) is 37.7 Å². The average Bonchev–Trinajstić information content (AvgIpc) is 2.39. The van der Waals surface area contributed by atoms with Gasteiger partial charge in [-0.2, -0.15) is 0 Å². The first-order valence-corrected chi connectivity index (χ1v) is 7.62. The zero-order valence-electron chi connectivity index (χ0n) is 11.0. The molecule has 1 aromatic carbocycles. The Balaban J connectivity index is 2.77. The van der Waals surface area contributed by atoms with Gasteiger partial charge in [-0.3, -0.25) is 0 Å². The SMILES string of the molecule is CCCCCN(C)S(=O)(=O)c1ccc(CO)cc1. The smallest absolute Gasteiger partial charge is 0.242 e. The molecule has 0 heterocycles. The second kappa shape index (κ2) is 6.87. The molecule has 0 radical (unpaired) electrons. The molecule has 0 aromatic heterocycles. The minimum atomic E-state index is -3.39. The topological polar surface area (TPSA) is 57.6 Å². The van der Waals surface area contributed by atoms with Gasteiger partial charge >= 0.3 is 0 Å². The molecule has 1 rings (SSSR count). The summed E-state index contributed by atoms with van der Waals surface area (Å²) >= 11 is 0. The Morgan fingerprint density at radius 2 is 1.78 bits per heavy atom. The van der Waals surface area contributed by atoms with Crippen molar-refractivity contribution in [3.8, 4) is 0 Å². The Bertz CT molecular complexity index is 454. The van der Waals surface area contributed by atoms with E-state index in [4.69, 9.17) is 5.11 Å². The van der Waals surface area contributed by atoms with Crippen molar-refractivity contribution >= 4 is 10.0 Å². The van der Waals surface area contributed by atoms with Crippen LogP contribution in [0.25, 0.3) is 0 Å².